The lowest BCUT2D eigenvalue weighted by atomic mass is 9.97. The summed E-state index contributed by atoms with van der Waals surface area (Å²) in [5.41, 5.74) is 0.767. The number of fused-ring (bicyclic) bond motifs is 1. The van der Waals surface area contributed by atoms with Crippen molar-refractivity contribution in [3.8, 4) is 0 Å². The summed E-state index contributed by atoms with van der Waals surface area (Å²) in [6, 6.07) is 3.74. The molecule has 90 valence electrons. The van der Waals surface area contributed by atoms with Crippen LogP contribution in [-0.4, -0.2) is 39.6 Å². The van der Waals surface area contributed by atoms with Crippen molar-refractivity contribution in [1.82, 2.24) is 19.5 Å². The molecule has 4 nitrogen and oxygen atoms in total. The van der Waals surface area contributed by atoms with Crippen LogP contribution >= 0.6 is 11.6 Å². The molecule has 3 heterocycles. The maximum Gasteiger partial charge on any atom is 0.174 e. The van der Waals surface area contributed by atoms with Gasteiger partial charge in [0, 0.05) is 12.1 Å². The number of aromatic nitrogens is 3. The van der Waals surface area contributed by atoms with Crippen molar-refractivity contribution < 1.29 is 0 Å². The summed E-state index contributed by atoms with van der Waals surface area (Å²) < 4.78 is 1.77. The zero-order valence-corrected chi connectivity index (χ0v) is 10.6. The molecule has 1 fully saturated rings. The number of halogens is 1. The summed E-state index contributed by atoms with van der Waals surface area (Å²) in [7, 11) is 2.16. The minimum atomic E-state index is 0.474. The highest BCUT2D eigenvalue weighted by Gasteiger charge is 2.22. The lowest BCUT2D eigenvalue weighted by Gasteiger charge is -2.26. The van der Waals surface area contributed by atoms with Crippen LogP contribution in [0, 0.1) is 0 Å². The van der Waals surface area contributed by atoms with Gasteiger partial charge in [-0.2, -0.15) is 5.10 Å². The van der Waals surface area contributed by atoms with E-state index in [0.29, 0.717) is 10.9 Å². The Morgan fingerprint density at radius 1 is 1.35 bits per heavy atom. The molecular formula is C12H15ClN4. The molecule has 0 saturated carbocycles. The number of piperidine rings is 1. The number of hydrogen-bond acceptors (Lipinski definition) is 3. The predicted octanol–water partition coefficient (Wildman–Crippen LogP) is 2.19. The summed E-state index contributed by atoms with van der Waals surface area (Å²) in [5, 5.41) is 5.19. The molecule has 3 rings (SSSR count). The summed E-state index contributed by atoms with van der Waals surface area (Å²) in [6.07, 6.45) is 4.16. The van der Waals surface area contributed by atoms with Gasteiger partial charge >= 0.3 is 0 Å². The topological polar surface area (TPSA) is 33.4 Å². The van der Waals surface area contributed by atoms with Gasteiger partial charge in [-0.15, -0.1) is 0 Å². The maximum absolute atomic E-state index is 6.10. The van der Waals surface area contributed by atoms with Crippen molar-refractivity contribution in [1.29, 1.82) is 0 Å². The van der Waals surface area contributed by atoms with Crippen molar-refractivity contribution >= 4 is 17.2 Å². The van der Waals surface area contributed by atoms with E-state index in [2.05, 4.69) is 22.0 Å². The highest BCUT2D eigenvalue weighted by atomic mass is 35.5. The molecule has 0 unspecified atom stereocenters. The number of pyridine rings is 1. The van der Waals surface area contributed by atoms with Gasteiger partial charge in [-0.05, 0) is 45.1 Å². The average Bonchev–Trinajstić information content (AvgIpc) is 2.75. The van der Waals surface area contributed by atoms with E-state index in [0.717, 1.165) is 37.4 Å². The molecule has 0 aliphatic carbocycles. The van der Waals surface area contributed by atoms with Crippen LogP contribution in [0.25, 0.3) is 5.65 Å². The minimum Gasteiger partial charge on any atom is -0.306 e. The van der Waals surface area contributed by atoms with Gasteiger partial charge < -0.3 is 4.90 Å². The molecule has 5 heteroatoms. The third kappa shape index (κ3) is 2.03. The number of hydrogen-bond donors (Lipinski definition) is 0. The van der Waals surface area contributed by atoms with Crippen molar-refractivity contribution in [3.63, 3.8) is 0 Å². The quantitative estimate of drug-likeness (QED) is 0.778. The van der Waals surface area contributed by atoms with Gasteiger partial charge in [0.1, 0.15) is 0 Å². The van der Waals surface area contributed by atoms with E-state index >= 15 is 0 Å². The van der Waals surface area contributed by atoms with E-state index in [1.165, 1.54) is 0 Å². The predicted molar refractivity (Wildman–Crippen MR) is 67.5 cm³/mol. The van der Waals surface area contributed by atoms with Crippen molar-refractivity contribution in [3.05, 3.63) is 29.2 Å². The van der Waals surface area contributed by atoms with Gasteiger partial charge in [0.05, 0.1) is 5.02 Å². The smallest absolute Gasteiger partial charge is 0.174 e. The first-order chi connectivity index (χ1) is 8.24. The van der Waals surface area contributed by atoms with E-state index in [1.807, 2.05) is 18.3 Å². The Kier molecular flexibility index (Phi) is 2.76. The monoisotopic (exact) mass is 250 g/mol. The molecule has 0 aromatic carbocycles. The Bertz CT molecular complexity index is 528. The van der Waals surface area contributed by atoms with Gasteiger partial charge in [-0.25, -0.2) is 9.50 Å². The fourth-order valence-electron chi connectivity index (χ4n) is 2.33. The molecule has 0 amide bonds. The van der Waals surface area contributed by atoms with Crippen LogP contribution in [0.15, 0.2) is 18.3 Å². The standard InChI is InChI=1S/C12H15ClN4/c1-16-7-4-9(5-8-16)11-14-12-10(13)3-2-6-17(12)15-11/h2-3,6,9H,4-5,7-8H2,1H3. The molecule has 0 radical (unpaired) electrons. The zero-order chi connectivity index (χ0) is 11.8. The Balaban J connectivity index is 1.93. The molecule has 0 bridgehead atoms. The molecule has 2 aromatic rings. The van der Waals surface area contributed by atoms with Crippen molar-refractivity contribution in [2.45, 2.75) is 18.8 Å². The molecule has 1 aliphatic rings. The first kappa shape index (κ1) is 11.0. The van der Waals surface area contributed by atoms with E-state index in [1.54, 1.807) is 4.52 Å². The maximum atomic E-state index is 6.10. The molecule has 17 heavy (non-hydrogen) atoms. The summed E-state index contributed by atoms with van der Waals surface area (Å²) in [4.78, 5) is 6.91. The Morgan fingerprint density at radius 3 is 2.82 bits per heavy atom. The zero-order valence-electron chi connectivity index (χ0n) is 9.80. The summed E-state index contributed by atoms with van der Waals surface area (Å²) in [5.74, 6) is 1.41. The third-order valence-electron chi connectivity index (χ3n) is 3.41. The van der Waals surface area contributed by atoms with Gasteiger partial charge in [0.2, 0.25) is 0 Å². The molecule has 0 atom stereocenters. The molecule has 1 saturated heterocycles. The van der Waals surface area contributed by atoms with Crippen LogP contribution < -0.4 is 0 Å². The van der Waals surface area contributed by atoms with Crippen LogP contribution in [0.3, 0.4) is 0 Å². The largest absolute Gasteiger partial charge is 0.306 e. The highest BCUT2D eigenvalue weighted by Crippen LogP contribution is 2.26. The second-order valence-electron chi connectivity index (χ2n) is 4.67. The lowest BCUT2D eigenvalue weighted by Crippen LogP contribution is -2.29. The Labute approximate surface area is 105 Å². The van der Waals surface area contributed by atoms with Crippen LogP contribution in [0.5, 0.6) is 0 Å². The second-order valence-corrected chi connectivity index (χ2v) is 5.08. The fraction of sp³-hybridized carbons (Fsp3) is 0.500. The normalized spacial score (nSPS) is 18.9. The molecule has 0 N–H and O–H groups in total. The number of nitrogens with zero attached hydrogens (tertiary/aromatic N) is 4. The lowest BCUT2D eigenvalue weighted by molar-refractivity contribution is 0.251. The Morgan fingerprint density at radius 2 is 2.12 bits per heavy atom. The van der Waals surface area contributed by atoms with Gasteiger partial charge in [0.25, 0.3) is 0 Å². The second kappa shape index (κ2) is 4.27. The van der Waals surface area contributed by atoms with Crippen molar-refractivity contribution in [2.75, 3.05) is 20.1 Å². The summed E-state index contributed by atoms with van der Waals surface area (Å²) in [6.45, 7) is 2.24. The average molecular weight is 251 g/mol. The van der Waals surface area contributed by atoms with Crippen LogP contribution in [0.1, 0.15) is 24.6 Å². The molecular weight excluding hydrogens is 236 g/mol. The van der Waals surface area contributed by atoms with E-state index < -0.39 is 0 Å². The van der Waals surface area contributed by atoms with Crippen LogP contribution in [0.4, 0.5) is 0 Å². The molecule has 1 aliphatic heterocycles. The van der Waals surface area contributed by atoms with Gasteiger partial charge in [-0.3, -0.25) is 0 Å². The highest BCUT2D eigenvalue weighted by molar-refractivity contribution is 6.33. The van der Waals surface area contributed by atoms with Gasteiger partial charge in [0.15, 0.2) is 11.5 Å². The molecule has 0 spiro atoms. The van der Waals surface area contributed by atoms with Crippen LogP contribution in [0.2, 0.25) is 5.02 Å². The van der Waals surface area contributed by atoms with Crippen molar-refractivity contribution in [2.24, 2.45) is 0 Å². The van der Waals surface area contributed by atoms with Crippen LogP contribution in [-0.2, 0) is 0 Å². The first-order valence-electron chi connectivity index (χ1n) is 5.93. The van der Waals surface area contributed by atoms with E-state index in [4.69, 9.17) is 11.6 Å². The molecule has 2 aromatic heterocycles. The Hall–Kier alpha value is -1.13. The number of rotatable bonds is 1. The third-order valence-corrected chi connectivity index (χ3v) is 3.71. The number of likely N-dealkylation sites (tertiary alicyclic amines) is 1. The minimum absolute atomic E-state index is 0.474. The van der Waals surface area contributed by atoms with E-state index in [-0.39, 0.29) is 0 Å². The summed E-state index contributed by atoms with van der Waals surface area (Å²) >= 11 is 6.10. The van der Waals surface area contributed by atoms with E-state index in [9.17, 15) is 0 Å². The van der Waals surface area contributed by atoms with Gasteiger partial charge in [-0.1, -0.05) is 11.6 Å². The first-order valence-corrected chi connectivity index (χ1v) is 6.31. The SMILES string of the molecule is CN1CCC(c2nc3c(Cl)cccn3n2)CC1. The fourth-order valence-corrected chi connectivity index (χ4v) is 2.53.